The Labute approximate surface area is 364 Å². The highest BCUT2D eigenvalue weighted by molar-refractivity contribution is 5.97. The first kappa shape index (κ1) is 56.7. The summed E-state index contributed by atoms with van der Waals surface area (Å²) in [4.78, 5) is 116. The van der Waals surface area contributed by atoms with Gasteiger partial charge in [0.05, 0.1) is 6.61 Å². The number of hydrogen-bond donors (Lipinski definition) is 17. The summed E-state index contributed by atoms with van der Waals surface area (Å²) in [5, 5.41) is 72.0. The molecular formula is C37H67N13O13. The van der Waals surface area contributed by atoms with Crippen LogP contribution >= 0.6 is 0 Å². The van der Waals surface area contributed by atoms with Crippen molar-refractivity contribution in [3.63, 3.8) is 0 Å². The maximum absolute atomic E-state index is 13.8. The number of aliphatic hydroxyl groups excluding tert-OH is 1. The molecule has 0 radical (unpaired) electrons. The topological polar surface area (TPSA) is 457 Å². The van der Waals surface area contributed by atoms with Gasteiger partial charge in [0.25, 0.3) is 0 Å². The molecule has 0 saturated carbocycles. The van der Waals surface area contributed by atoms with E-state index in [-0.39, 0.29) is 75.4 Å². The van der Waals surface area contributed by atoms with E-state index in [2.05, 4.69) is 42.5 Å². The van der Waals surface area contributed by atoms with Gasteiger partial charge in [0.2, 0.25) is 35.4 Å². The van der Waals surface area contributed by atoms with Crippen LogP contribution < -0.4 is 59.7 Å². The van der Waals surface area contributed by atoms with E-state index in [1.54, 1.807) is 27.7 Å². The highest BCUT2D eigenvalue weighted by atomic mass is 16.4. The van der Waals surface area contributed by atoms with Crippen molar-refractivity contribution in [3.05, 3.63) is 0 Å². The molecule has 0 unspecified atom stereocenters. The van der Waals surface area contributed by atoms with Crippen LogP contribution in [0.3, 0.4) is 0 Å². The van der Waals surface area contributed by atoms with Gasteiger partial charge in [-0.05, 0) is 63.2 Å². The third-order valence-electron chi connectivity index (χ3n) is 8.99. The van der Waals surface area contributed by atoms with E-state index in [9.17, 15) is 63.6 Å². The minimum absolute atomic E-state index is 0.0241. The Bertz CT molecular complexity index is 1600. The lowest BCUT2D eigenvalue weighted by Crippen LogP contribution is -2.60. The van der Waals surface area contributed by atoms with E-state index >= 15 is 0 Å². The SMILES string of the molecule is CC(C)C[C@H](NC(=O)[C@H](CCC(=O)O)NC(=O)[C@H](CCC(=O)O)NC(=O)[C@H](CC(C)C)NC(=O)[C@H](CCCNC(=N)N)NC(=O)[C@@H](N)CO)C(=O)N[C@@H](CCCNC(=N)N)C(=O)O. The molecule has 0 aliphatic rings. The zero-order valence-corrected chi connectivity index (χ0v) is 36.1. The fraction of sp³-hybridized carbons (Fsp3) is 0.703. The third-order valence-corrected chi connectivity index (χ3v) is 8.99. The number of nitrogens with two attached hydrogens (primary N) is 3. The lowest BCUT2D eigenvalue weighted by molar-refractivity contribution is -0.142. The molecule has 0 fully saturated rings. The number of carboxylic acid groups (broad SMARTS) is 3. The first-order valence-corrected chi connectivity index (χ1v) is 20.4. The van der Waals surface area contributed by atoms with Crippen LogP contribution in [0.4, 0.5) is 0 Å². The van der Waals surface area contributed by atoms with Crippen LogP contribution in [0.15, 0.2) is 0 Å². The maximum Gasteiger partial charge on any atom is 0.326 e. The van der Waals surface area contributed by atoms with Crippen LogP contribution in [0.5, 0.6) is 0 Å². The quantitative estimate of drug-likeness (QED) is 0.0172. The van der Waals surface area contributed by atoms with Gasteiger partial charge >= 0.3 is 17.9 Å². The Morgan fingerprint density at radius 2 is 0.794 bits per heavy atom. The van der Waals surface area contributed by atoms with Gasteiger partial charge in [0, 0.05) is 25.9 Å². The number of guanidine groups is 2. The molecule has 0 aromatic carbocycles. The molecule has 63 heavy (non-hydrogen) atoms. The third kappa shape index (κ3) is 25.3. The second kappa shape index (κ2) is 29.9. The van der Waals surface area contributed by atoms with Gasteiger partial charge in [0.1, 0.15) is 42.3 Å². The zero-order chi connectivity index (χ0) is 48.4. The number of carboxylic acids is 3. The molecule has 0 spiro atoms. The van der Waals surface area contributed by atoms with Crippen molar-refractivity contribution in [3.8, 4) is 0 Å². The standard InChI is InChI=1S/C37H67N13O13/c1-18(2)15-25(49-30(57)21(7-5-13-43-36(39)40)45-29(56)20(38)17-51)33(60)47-22(9-11-27(52)53)31(58)46-23(10-12-28(54)55)32(59)50-26(16-19(3)4)34(61)48-24(35(62)63)8-6-14-44-37(41)42/h18-26,51H,5-17,38H2,1-4H3,(H,45,56)(H,46,58)(H,47,60)(H,48,61)(H,49,57)(H,50,59)(H,52,53)(H,54,55)(H,62,63)(H4,39,40,43)(H4,41,42,44)/t20-,21-,22-,23-,24-,25-,26-/m0/s1. The molecule has 0 aromatic heterocycles. The molecule has 0 rings (SSSR count). The second-order valence-corrected chi connectivity index (χ2v) is 15.6. The van der Waals surface area contributed by atoms with Crippen LogP contribution in [0.1, 0.15) is 91.9 Å². The molecule has 0 aliphatic heterocycles. The number of hydrogen-bond acceptors (Lipinski definition) is 13. The average Bonchev–Trinajstić information content (AvgIpc) is 3.17. The molecule has 0 aliphatic carbocycles. The highest BCUT2D eigenvalue weighted by Gasteiger charge is 2.34. The van der Waals surface area contributed by atoms with Crippen molar-refractivity contribution in [1.82, 2.24) is 42.5 Å². The van der Waals surface area contributed by atoms with Gasteiger partial charge in [0.15, 0.2) is 11.9 Å². The largest absolute Gasteiger partial charge is 0.481 e. The van der Waals surface area contributed by atoms with Crippen molar-refractivity contribution in [2.45, 2.75) is 134 Å². The fourth-order valence-corrected chi connectivity index (χ4v) is 5.79. The molecule has 26 nitrogen and oxygen atoms in total. The summed E-state index contributed by atoms with van der Waals surface area (Å²) in [5.41, 5.74) is 16.1. The van der Waals surface area contributed by atoms with Gasteiger partial charge < -0.3 is 80.2 Å². The summed E-state index contributed by atoms with van der Waals surface area (Å²) in [6.45, 7) is 6.36. The van der Waals surface area contributed by atoms with Crippen molar-refractivity contribution in [1.29, 1.82) is 10.8 Å². The molecule has 0 aromatic rings. The molecular weight excluding hydrogens is 834 g/mol. The Kier molecular flexibility index (Phi) is 26.9. The molecule has 26 heteroatoms. The summed E-state index contributed by atoms with van der Waals surface area (Å²) in [5.74, 6) is -11.1. The normalized spacial score (nSPS) is 14.3. The molecule has 0 bridgehead atoms. The van der Waals surface area contributed by atoms with Crippen LogP contribution in [-0.4, -0.2) is 148 Å². The monoisotopic (exact) mass is 901 g/mol. The van der Waals surface area contributed by atoms with E-state index in [1.165, 1.54) is 0 Å². The number of aliphatic hydroxyl groups is 1. The van der Waals surface area contributed by atoms with E-state index in [4.69, 9.17) is 28.0 Å². The van der Waals surface area contributed by atoms with Crippen LogP contribution in [-0.2, 0) is 43.2 Å². The summed E-state index contributed by atoms with van der Waals surface area (Å²) >= 11 is 0. The number of aliphatic carboxylic acids is 3. The van der Waals surface area contributed by atoms with Gasteiger partial charge in [-0.3, -0.25) is 49.2 Å². The van der Waals surface area contributed by atoms with E-state index < -0.39 is 128 Å². The van der Waals surface area contributed by atoms with E-state index in [0.717, 1.165) is 0 Å². The molecule has 7 atom stereocenters. The second-order valence-electron chi connectivity index (χ2n) is 15.6. The van der Waals surface area contributed by atoms with E-state index in [0.29, 0.717) is 0 Å². The molecule has 358 valence electrons. The Morgan fingerprint density at radius 1 is 0.492 bits per heavy atom. The van der Waals surface area contributed by atoms with Gasteiger partial charge in [-0.15, -0.1) is 0 Å². The number of carbonyl (C=O) groups excluding carboxylic acids is 6. The molecule has 20 N–H and O–H groups in total. The van der Waals surface area contributed by atoms with Crippen molar-refractivity contribution < 1.29 is 63.6 Å². The Balaban J connectivity index is 6.51. The van der Waals surface area contributed by atoms with Crippen molar-refractivity contribution >= 4 is 65.3 Å². The van der Waals surface area contributed by atoms with Crippen LogP contribution in [0, 0.1) is 22.7 Å². The lowest BCUT2D eigenvalue weighted by atomic mass is 10.00. The van der Waals surface area contributed by atoms with Crippen molar-refractivity contribution in [2.24, 2.45) is 29.0 Å². The zero-order valence-electron chi connectivity index (χ0n) is 36.1. The fourth-order valence-electron chi connectivity index (χ4n) is 5.79. The number of nitrogens with one attached hydrogen (secondary N) is 10. The van der Waals surface area contributed by atoms with Crippen LogP contribution in [0.2, 0.25) is 0 Å². The van der Waals surface area contributed by atoms with E-state index in [1.807, 2.05) is 0 Å². The smallest absolute Gasteiger partial charge is 0.326 e. The summed E-state index contributed by atoms with van der Waals surface area (Å²) < 4.78 is 0. The van der Waals surface area contributed by atoms with Gasteiger partial charge in [-0.1, -0.05) is 27.7 Å². The summed E-state index contributed by atoms with van der Waals surface area (Å²) in [6, 6.07) is -10.2. The van der Waals surface area contributed by atoms with Crippen molar-refractivity contribution in [2.75, 3.05) is 19.7 Å². The minimum Gasteiger partial charge on any atom is -0.481 e. The van der Waals surface area contributed by atoms with Gasteiger partial charge in [-0.25, -0.2) is 4.79 Å². The Morgan fingerprint density at radius 3 is 1.11 bits per heavy atom. The number of amides is 6. The minimum atomic E-state index is -1.68. The molecule has 6 amide bonds. The Hall–Kier alpha value is -6.31. The predicted molar refractivity (Wildman–Crippen MR) is 225 cm³/mol. The summed E-state index contributed by atoms with van der Waals surface area (Å²) in [7, 11) is 0. The first-order chi connectivity index (χ1) is 29.4. The first-order valence-electron chi connectivity index (χ1n) is 20.4. The molecule has 0 saturated heterocycles. The highest BCUT2D eigenvalue weighted by Crippen LogP contribution is 2.12. The number of rotatable bonds is 32. The summed E-state index contributed by atoms with van der Waals surface area (Å²) in [6.07, 6.45) is -2.23. The number of carbonyl (C=O) groups is 9. The van der Waals surface area contributed by atoms with Crippen LogP contribution in [0.25, 0.3) is 0 Å². The lowest BCUT2D eigenvalue weighted by Gasteiger charge is -2.28. The average molecular weight is 902 g/mol. The van der Waals surface area contributed by atoms with Gasteiger partial charge in [-0.2, -0.15) is 0 Å². The molecule has 0 heterocycles. The maximum atomic E-state index is 13.8. The predicted octanol–water partition coefficient (Wildman–Crippen LogP) is -4.35.